The summed E-state index contributed by atoms with van der Waals surface area (Å²) in [5.74, 6) is 1.38. The van der Waals surface area contributed by atoms with Gasteiger partial charge in [-0.2, -0.15) is 0 Å². The Hall–Kier alpha value is 0.0249. The molecular weight excluding hydrogens is 145 g/mol. The first-order valence-electron chi connectivity index (χ1n) is 5.05. The van der Waals surface area contributed by atoms with Crippen LogP contribution in [-0.4, -0.2) is 13.9 Å². The van der Waals surface area contributed by atoms with E-state index in [1.165, 1.54) is 6.42 Å². The second-order valence-electron chi connectivity index (χ2n) is 3.89. The molecule has 2 N–H and O–H groups in total. The lowest BCUT2D eigenvalue weighted by Gasteiger charge is -2.30. The van der Waals surface area contributed by atoms with E-state index in [2.05, 4.69) is 20.8 Å². The van der Waals surface area contributed by atoms with Gasteiger partial charge in [0.2, 0.25) is 0 Å². The minimum atomic E-state index is 0.115. The van der Waals surface area contributed by atoms with Crippen molar-refractivity contribution in [3.8, 4) is 0 Å². The quantitative estimate of drug-likeness (QED) is 0.625. The lowest BCUT2D eigenvalue weighted by Crippen LogP contribution is -2.36. The smallest absolute Gasteiger partial charge is 0.0716 e. The fraction of sp³-hybridized carbons (Fsp3) is 1.00. The van der Waals surface area contributed by atoms with Crippen LogP contribution in [0.4, 0.5) is 0 Å². The summed E-state index contributed by atoms with van der Waals surface area (Å²) in [5, 5.41) is 0. The van der Waals surface area contributed by atoms with Crippen LogP contribution in [0, 0.1) is 11.8 Å². The van der Waals surface area contributed by atoms with Crippen LogP contribution in [0.1, 0.15) is 40.5 Å². The zero-order valence-electron chi connectivity index (χ0n) is 8.88. The van der Waals surface area contributed by atoms with Crippen LogP contribution < -0.4 is 5.73 Å². The van der Waals surface area contributed by atoms with Gasteiger partial charge in [-0.05, 0) is 11.8 Å². The van der Waals surface area contributed by atoms with Gasteiger partial charge in [-0.15, -0.1) is 0 Å². The molecule has 2 radical (unpaired) electrons. The molecular formula is C10H22BN. The molecule has 0 spiro atoms. The van der Waals surface area contributed by atoms with Gasteiger partial charge in [-0.1, -0.05) is 46.4 Å². The van der Waals surface area contributed by atoms with Gasteiger partial charge in [-0.3, -0.25) is 0 Å². The first-order chi connectivity index (χ1) is 5.54. The van der Waals surface area contributed by atoms with Crippen molar-refractivity contribution in [1.29, 1.82) is 0 Å². The Morgan fingerprint density at radius 2 is 1.67 bits per heavy atom. The van der Waals surface area contributed by atoms with Crippen LogP contribution in [-0.2, 0) is 0 Å². The number of hydrogen-bond acceptors (Lipinski definition) is 1. The highest BCUT2D eigenvalue weighted by atomic mass is 14.7. The molecule has 2 heteroatoms. The van der Waals surface area contributed by atoms with Gasteiger partial charge in [0.25, 0.3) is 0 Å². The summed E-state index contributed by atoms with van der Waals surface area (Å²) in [5.41, 5.74) is 6.02. The second-order valence-corrected chi connectivity index (χ2v) is 3.89. The zero-order valence-corrected chi connectivity index (χ0v) is 8.88. The first-order valence-corrected chi connectivity index (χ1v) is 5.05. The molecule has 70 valence electrons. The SMILES string of the molecule is [B]C(C)C(N)C(CC)C(C)CC. The minimum Gasteiger partial charge on any atom is -0.328 e. The topological polar surface area (TPSA) is 26.0 Å². The lowest BCUT2D eigenvalue weighted by molar-refractivity contribution is 0.278. The molecule has 0 saturated carbocycles. The van der Waals surface area contributed by atoms with E-state index >= 15 is 0 Å². The van der Waals surface area contributed by atoms with Gasteiger partial charge in [0, 0.05) is 6.04 Å². The second kappa shape index (κ2) is 5.63. The number of nitrogens with two attached hydrogens (primary N) is 1. The average molecular weight is 167 g/mol. The average Bonchev–Trinajstić information content (AvgIpc) is 2.05. The molecule has 0 aliphatic rings. The summed E-state index contributed by atoms with van der Waals surface area (Å²) < 4.78 is 0. The minimum absolute atomic E-state index is 0.115. The summed E-state index contributed by atoms with van der Waals surface area (Å²) in [6.45, 7) is 8.66. The van der Waals surface area contributed by atoms with Gasteiger partial charge < -0.3 is 5.73 Å². The predicted molar refractivity (Wildman–Crippen MR) is 56.4 cm³/mol. The van der Waals surface area contributed by atoms with E-state index in [9.17, 15) is 0 Å². The highest BCUT2D eigenvalue weighted by molar-refractivity contribution is 6.11. The van der Waals surface area contributed by atoms with Crippen molar-refractivity contribution in [2.75, 3.05) is 0 Å². The molecule has 0 aromatic rings. The van der Waals surface area contributed by atoms with Crippen LogP contribution in [0.25, 0.3) is 0 Å². The number of hydrogen-bond donors (Lipinski definition) is 1. The van der Waals surface area contributed by atoms with Crippen molar-refractivity contribution in [2.45, 2.75) is 52.4 Å². The van der Waals surface area contributed by atoms with E-state index in [1.54, 1.807) is 0 Å². The maximum Gasteiger partial charge on any atom is 0.0716 e. The highest BCUT2D eigenvalue weighted by Gasteiger charge is 2.22. The van der Waals surface area contributed by atoms with Gasteiger partial charge in [0.1, 0.15) is 0 Å². The predicted octanol–water partition coefficient (Wildman–Crippen LogP) is 2.36. The third kappa shape index (κ3) is 3.18. The fourth-order valence-electron chi connectivity index (χ4n) is 1.75. The number of rotatable bonds is 5. The van der Waals surface area contributed by atoms with Crippen molar-refractivity contribution in [2.24, 2.45) is 17.6 Å². The normalized spacial score (nSPS) is 21.4. The monoisotopic (exact) mass is 167 g/mol. The third-order valence-electron chi connectivity index (χ3n) is 2.95. The maximum atomic E-state index is 6.02. The van der Waals surface area contributed by atoms with Crippen molar-refractivity contribution >= 4 is 7.85 Å². The molecule has 12 heavy (non-hydrogen) atoms. The summed E-state index contributed by atoms with van der Waals surface area (Å²) in [6.07, 6.45) is 2.33. The van der Waals surface area contributed by atoms with Gasteiger partial charge in [0.05, 0.1) is 7.85 Å². The van der Waals surface area contributed by atoms with E-state index in [0.29, 0.717) is 11.8 Å². The Morgan fingerprint density at radius 3 is 1.92 bits per heavy atom. The highest BCUT2D eigenvalue weighted by Crippen LogP contribution is 2.25. The van der Waals surface area contributed by atoms with Gasteiger partial charge in [0.15, 0.2) is 0 Å². The zero-order chi connectivity index (χ0) is 9.72. The summed E-state index contributed by atoms with van der Waals surface area (Å²) in [7, 11) is 5.78. The van der Waals surface area contributed by atoms with E-state index in [4.69, 9.17) is 13.6 Å². The summed E-state index contributed by atoms with van der Waals surface area (Å²) in [6, 6.07) is 0.157. The maximum absolute atomic E-state index is 6.02. The standard InChI is InChI=1S/C10H22BN/c1-5-7(3)9(6-2)10(12)8(4)11/h7-10H,5-6,12H2,1-4H3. The molecule has 0 heterocycles. The van der Waals surface area contributed by atoms with Crippen LogP contribution >= 0.6 is 0 Å². The molecule has 0 aromatic heterocycles. The van der Waals surface area contributed by atoms with Crippen LogP contribution in [0.3, 0.4) is 0 Å². The van der Waals surface area contributed by atoms with Crippen molar-refractivity contribution in [3.63, 3.8) is 0 Å². The van der Waals surface area contributed by atoms with Crippen molar-refractivity contribution in [3.05, 3.63) is 0 Å². The Bertz CT molecular complexity index is 114. The molecule has 4 unspecified atom stereocenters. The lowest BCUT2D eigenvalue weighted by atomic mass is 9.72. The molecule has 0 rings (SSSR count). The molecule has 0 amide bonds. The van der Waals surface area contributed by atoms with Crippen LogP contribution in [0.15, 0.2) is 0 Å². The third-order valence-corrected chi connectivity index (χ3v) is 2.95. The van der Waals surface area contributed by atoms with Crippen molar-refractivity contribution < 1.29 is 0 Å². The first kappa shape index (κ1) is 12.0. The Morgan fingerprint density at radius 1 is 1.17 bits per heavy atom. The summed E-state index contributed by atoms with van der Waals surface area (Å²) in [4.78, 5) is 0. The summed E-state index contributed by atoms with van der Waals surface area (Å²) >= 11 is 0. The molecule has 0 aromatic carbocycles. The van der Waals surface area contributed by atoms with Crippen LogP contribution in [0.2, 0.25) is 5.82 Å². The van der Waals surface area contributed by atoms with Crippen LogP contribution in [0.5, 0.6) is 0 Å². The molecule has 0 saturated heterocycles. The van der Waals surface area contributed by atoms with Gasteiger partial charge >= 0.3 is 0 Å². The molecule has 4 atom stereocenters. The van der Waals surface area contributed by atoms with E-state index in [1.807, 2.05) is 6.92 Å². The fourth-order valence-corrected chi connectivity index (χ4v) is 1.75. The van der Waals surface area contributed by atoms with Crippen molar-refractivity contribution in [1.82, 2.24) is 0 Å². The molecule has 0 aliphatic carbocycles. The largest absolute Gasteiger partial charge is 0.328 e. The Labute approximate surface area is 78.5 Å². The van der Waals surface area contributed by atoms with E-state index in [0.717, 1.165) is 6.42 Å². The van der Waals surface area contributed by atoms with E-state index in [-0.39, 0.29) is 11.9 Å². The van der Waals surface area contributed by atoms with Gasteiger partial charge in [-0.25, -0.2) is 0 Å². The molecule has 0 aliphatic heterocycles. The Balaban J connectivity index is 4.13. The van der Waals surface area contributed by atoms with E-state index < -0.39 is 0 Å². The molecule has 1 nitrogen and oxygen atoms in total. The Kier molecular flexibility index (Phi) is 5.64. The molecule has 0 bridgehead atoms. The molecule has 0 fully saturated rings.